The Balaban J connectivity index is 2.66. The minimum atomic E-state index is -0.907. The molecule has 0 aromatic heterocycles. The van der Waals surface area contributed by atoms with Gasteiger partial charge in [0.25, 0.3) is 5.91 Å². The lowest BCUT2D eigenvalue weighted by molar-refractivity contribution is 0.0956. The molecule has 5 nitrogen and oxygen atoms in total. The highest BCUT2D eigenvalue weighted by molar-refractivity contribution is 7.84. The van der Waals surface area contributed by atoms with Crippen LogP contribution in [0.15, 0.2) is 18.2 Å². The van der Waals surface area contributed by atoms with E-state index in [0.29, 0.717) is 29.3 Å². The van der Waals surface area contributed by atoms with Gasteiger partial charge in [-0.15, -0.1) is 0 Å². The molecule has 3 N–H and O–H groups in total. The summed E-state index contributed by atoms with van der Waals surface area (Å²) < 4.78 is 15.9. The number of amides is 1. The normalized spacial score (nSPS) is 11.9. The number of nitrogens with two attached hydrogens (primary N) is 1. The number of hydrogen-bond acceptors (Lipinski definition) is 4. The maximum atomic E-state index is 11.7. The Hall–Kier alpha value is -1.56. The van der Waals surface area contributed by atoms with Crippen molar-refractivity contribution in [1.82, 2.24) is 5.32 Å². The summed E-state index contributed by atoms with van der Waals surface area (Å²) in [7, 11) is 0.586. The second-order valence-corrected chi connectivity index (χ2v) is 5.04. The molecule has 0 aliphatic rings. The first-order valence-corrected chi connectivity index (χ1v) is 6.79. The first kappa shape index (κ1) is 13.5. The lowest BCUT2D eigenvalue weighted by Crippen LogP contribution is -2.27. The second kappa shape index (κ2) is 6.24. The highest BCUT2D eigenvalue weighted by atomic mass is 32.2. The average Bonchev–Trinajstić information content (AvgIpc) is 2.29. The van der Waals surface area contributed by atoms with Crippen LogP contribution in [-0.2, 0) is 10.8 Å². The van der Waals surface area contributed by atoms with Crippen LogP contribution in [-0.4, -0.2) is 35.8 Å². The van der Waals surface area contributed by atoms with Gasteiger partial charge in [-0.2, -0.15) is 0 Å². The number of benzene rings is 1. The van der Waals surface area contributed by atoms with Gasteiger partial charge in [-0.25, -0.2) is 0 Å². The van der Waals surface area contributed by atoms with Crippen molar-refractivity contribution in [3.05, 3.63) is 23.8 Å². The Morgan fingerprint density at radius 2 is 2.24 bits per heavy atom. The Kier molecular flexibility index (Phi) is 4.96. The molecule has 0 spiro atoms. The Morgan fingerprint density at radius 1 is 1.53 bits per heavy atom. The van der Waals surface area contributed by atoms with Crippen LogP contribution in [0.2, 0.25) is 0 Å². The number of nitrogen functional groups attached to an aromatic ring is 1. The molecule has 0 fully saturated rings. The van der Waals surface area contributed by atoms with Crippen LogP contribution in [0.5, 0.6) is 5.75 Å². The van der Waals surface area contributed by atoms with Crippen molar-refractivity contribution in [2.24, 2.45) is 0 Å². The van der Waals surface area contributed by atoms with E-state index in [2.05, 4.69) is 5.32 Å². The fraction of sp³-hybridized carbons (Fsp3) is 0.364. The number of nitrogens with one attached hydrogen (secondary N) is 1. The molecule has 0 bridgehead atoms. The van der Waals surface area contributed by atoms with Gasteiger partial charge in [0, 0.05) is 34.9 Å². The zero-order chi connectivity index (χ0) is 12.8. The van der Waals surface area contributed by atoms with Gasteiger partial charge in [-0.3, -0.25) is 9.00 Å². The molecule has 0 heterocycles. The van der Waals surface area contributed by atoms with E-state index in [1.54, 1.807) is 24.5 Å². The highest BCUT2D eigenvalue weighted by Crippen LogP contribution is 2.21. The monoisotopic (exact) mass is 256 g/mol. The quantitative estimate of drug-likeness (QED) is 0.746. The van der Waals surface area contributed by atoms with Crippen molar-refractivity contribution in [3.8, 4) is 5.75 Å². The molecule has 1 amide bonds. The van der Waals surface area contributed by atoms with Gasteiger partial charge in [0.1, 0.15) is 5.75 Å². The third-order valence-electron chi connectivity index (χ3n) is 2.17. The molecule has 1 unspecified atom stereocenters. The van der Waals surface area contributed by atoms with Crippen molar-refractivity contribution in [1.29, 1.82) is 0 Å². The van der Waals surface area contributed by atoms with Gasteiger partial charge in [0.05, 0.1) is 12.8 Å². The Labute approximate surface area is 103 Å². The summed E-state index contributed by atoms with van der Waals surface area (Å²) in [5, 5.41) is 2.67. The third-order valence-corrected chi connectivity index (χ3v) is 2.95. The fourth-order valence-corrected chi connectivity index (χ4v) is 1.65. The van der Waals surface area contributed by atoms with Crippen molar-refractivity contribution in [2.75, 3.05) is 31.4 Å². The first-order valence-electron chi connectivity index (χ1n) is 5.06. The van der Waals surface area contributed by atoms with E-state index in [-0.39, 0.29) is 5.91 Å². The first-order chi connectivity index (χ1) is 8.04. The summed E-state index contributed by atoms with van der Waals surface area (Å²) in [6.45, 7) is 0.384. The zero-order valence-electron chi connectivity index (χ0n) is 9.86. The van der Waals surface area contributed by atoms with E-state index in [1.807, 2.05) is 0 Å². The molecule has 1 aromatic rings. The van der Waals surface area contributed by atoms with E-state index in [0.717, 1.165) is 0 Å². The fourth-order valence-electron chi connectivity index (χ4n) is 1.26. The number of carbonyl (C=O) groups is 1. The van der Waals surface area contributed by atoms with Crippen molar-refractivity contribution < 1.29 is 13.7 Å². The minimum Gasteiger partial charge on any atom is -0.495 e. The number of hydrogen-bond donors (Lipinski definition) is 2. The molecule has 0 radical (unpaired) electrons. The minimum absolute atomic E-state index is 0.228. The smallest absolute Gasteiger partial charge is 0.251 e. The van der Waals surface area contributed by atoms with E-state index >= 15 is 0 Å². The van der Waals surface area contributed by atoms with Gasteiger partial charge in [-0.05, 0) is 18.2 Å². The van der Waals surface area contributed by atoms with Crippen molar-refractivity contribution >= 4 is 22.4 Å². The number of carbonyl (C=O) groups excluding carboxylic acids is 1. The van der Waals surface area contributed by atoms with Crippen LogP contribution in [0.4, 0.5) is 5.69 Å². The molecule has 6 heteroatoms. The maximum Gasteiger partial charge on any atom is 0.251 e. The maximum absolute atomic E-state index is 11.7. The summed E-state index contributed by atoms with van der Waals surface area (Å²) in [5.41, 5.74) is 6.60. The summed E-state index contributed by atoms with van der Waals surface area (Å²) >= 11 is 0. The van der Waals surface area contributed by atoms with Crippen molar-refractivity contribution in [3.63, 3.8) is 0 Å². The molecule has 0 saturated carbocycles. The van der Waals surface area contributed by atoms with Gasteiger partial charge >= 0.3 is 0 Å². The predicted octanol–water partition coefficient (Wildman–Crippen LogP) is 0.386. The lowest BCUT2D eigenvalue weighted by Gasteiger charge is -2.08. The second-order valence-electron chi connectivity index (χ2n) is 3.49. The zero-order valence-corrected chi connectivity index (χ0v) is 10.7. The van der Waals surface area contributed by atoms with Gasteiger partial charge < -0.3 is 15.8 Å². The Bertz CT molecular complexity index is 435. The standard InChI is InChI=1S/C11H16N2O3S/c1-16-10-7-8(3-4-9(10)12)11(14)13-5-6-17(2)15/h3-4,7H,5-6,12H2,1-2H3,(H,13,14). The molecule has 1 rings (SSSR count). The number of ether oxygens (including phenoxy) is 1. The molecule has 0 aliphatic heterocycles. The molecule has 0 saturated heterocycles. The van der Waals surface area contributed by atoms with Gasteiger partial charge in [0.15, 0.2) is 0 Å². The molecule has 17 heavy (non-hydrogen) atoms. The number of anilines is 1. The lowest BCUT2D eigenvalue weighted by atomic mass is 10.2. The van der Waals surface area contributed by atoms with E-state index < -0.39 is 10.8 Å². The third kappa shape index (κ3) is 4.07. The van der Waals surface area contributed by atoms with Crippen LogP contribution in [0.3, 0.4) is 0 Å². The molecular weight excluding hydrogens is 240 g/mol. The molecule has 94 valence electrons. The van der Waals surface area contributed by atoms with E-state index in [9.17, 15) is 9.00 Å². The number of methoxy groups -OCH3 is 1. The molecule has 0 aliphatic carbocycles. The summed E-state index contributed by atoms with van der Waals surface area (Å²) in [4.78, 5) is 11.7. The Morgan fingerprint density at radius 3 is 2.82 bits per heavy atom. The van der Waals surface area contributed by atoms with Crippen LogP contribution < -0.4 is 15.8 Å². The average molecular weight is 256 g/mol. The molecule has 1 atom stereocenters. The topological polar surface area (TPSA) is 81.4 Å². The highest BCUT2D eigenvalue weighted by Gasteiger charge is 2.08. The van der Waals surface area contributed by atoms with Crippen LogP contribution in [0.1, 0.15) is 10.4 Å². The predicted molar refractivity (Wildman–Crippen MR) is 68.7 cm³/mol. The van der Waals surface area contributed by atoms with Crippen LogP contribution in [0.25, 0.3) is 0 Å². The largest absolute Gasteiger partial charge is 0.495 e. The summed E-state index contributed by atoms with van der Waals surface area (Å²) in [6, 6.07) is 4.81. The van der Waals surface area contributed by atoms with Gasteiger partial charge in [-0.1, -0.05) is 0 Å². The van der Waals surface area contributed by atoms with E-state index in [1.165, 1.54) is 7.11 Å². The molecular formula is C11H16N2O3S. The van der Waals surface area contributed by atoms with Crippen LogP contribution >= 0.6 is 0 Å². The van der Waals surface area contributed by atoms with Gasteiger partial charge in [0.2, 0.25) is 0 Å². The molecule has 1 aromatic carbocycles. The summed E-state index contributed by atoms with van der Waals surface area (Å²) in [5.74, 6) is 0.683. The van der Waals surface area contributed by atoms with Crippen LogP contribution in [0, 0.1) is 0 Å². The number of rotatable bonds is 5. The van der Waals surface area contributed by atoms with E-state index in [4.69, 9.17) is 10.5 Å². The summed E-state index contributed by atoms with van der Waals surface area (Å²) in [6.07, 6.45) is 1.60. The van der Waals surface area contributed by atoms with Crippen molar-refractivity contribution in [2.45, 2.75) is 0 Å². The SMILES string of the molecule is COc1cc(C(=O)NCCS(C)=O)ccc1N.